The Morgan fingerprint density at radius 1 is 1.20 bits per heavy atom. The monoisotopic (exact) mass is 275 g/mol. The molecule has 0 radical (unpaired) electrons. The summed E-state index contributed by atoms with van der Waals surface area (Å²) in [5.41, 5.74) is 0.626. The molecular formula is C16H21NO3. The lowest BCUT2D eigenvalue weighted by Gasteiger charge is -2.30. The summed E-state index contributed by atoms with van der Waals surface area (Å²) in [6.45, 7) is 2.19. The van der Waals surface area contributed by atoms with Gasteiger partial charge in [0, 0.05) is 11.6 Å². The molecule has 2 unspecified atom stereocenters. The molecule has 1 aromatic carbocycles. The number of rotatable bonds is 4. The van der Waals surface area contributed by atoms with Crippen molar-refractivity contribution in [2.24, 2.45) is 5.92 Å². The Hall–Kier alpha value is -1.84. The van der Waals surface area contributed by atoms with Crippen molar-refractivity contribution < 1.29 is 14.3 Å². The van der Waals surface area contributed by atoms with E-state index in [1.807, 2.05) is 18.2 Å². The van der Waals surface area contributed by atoms with Crippen LogP contribution in [0.3, 0.4) is 0 Å². The molecule has 1 aliphatic rings. The van der Waals surface area contributed by atoms with E-state index < -0.39 is 0 Å². The van der Waals surface area contributed by atoms with Crippen molar-refractivity contribution in [3.8, 4) is 0 Å². The van der Waals surface area contributed by atoms with Crippen molar-refractivity contribution in [2.75, 3.05) is 6.61 Å². The molecule has 108 valence electrons. The number of hydrogen-bond acceptors (Lipinski definition) is 3. The normalized spacial score (nSPS) is 22.1. The van der Waals surface area contributed by atoms with Crippen LogP contribution in [0.25, 0.3) is 0 Å². The summed E-state index contributed by atoms with van der Waals surface area (Å²) in [4.78, 5) is 24.1. The number of esters is 1. The first-order valence-corrected chi connectivity index (χ1v) is 7.25. The van der Waals surface area contributed by atoms with Crippen LogP contribution in [0.5, 0.6) is 0 Å². The average molecular weight is 275 g/mol. The van der Waals surface area contributed by atoms with E-state index in [2.05, 4.69) is 5.32 Å². The first-order chi connectivity index (χ1) is 9.72. The molecule has 0 heterocycles. The molecule has 4 heteroatoms. The maximum atomic E-state index is 12.2. The van der Waals surface area contributed by atoms with Gasteiger partial charge in [0.05, 0.1) is 12.5 Å². The average Bonchev–Trinajstić information content (AvgIpc) is 2.49. The number of amides is 1. The zero-order valence-electron chi connectivity index (χ0n) is 11.8. The Bertz CT molecular complexity index is 458. The smallest absolute Gasteiger partial charge is 0.311 e. The minimum Gasteiger partial charge on any atom is -0.466 e. The van der Waals surface area contributed by atoms with Gasteiger partial charge >= 0.3 is 5.97 Å². The third-order valence-corrected chi connectivity index (χ3v) is 3.71. The number of carbonyl (C=O) groups is 2. The van der Waals surface area contributed by atoms with E-state index in [0.717, 1.165) is 25.7 Å². The van der Waals surface area contributed by atoms with E-state index in [-0.39, 0.29) is 23.8 Å². The molecule has 0 saturated heterocycles. The first kappa shape index (κ1) is 14.6. The highest BCUT2D eigenvalue weighted by atomic mass is 16.5. The summed E-state index contributed by atoms with van der Waals surface area (Å²) in [6, 6.07) is 8.97. The quantitative estimate of drug-likeness (QED) is 0.859. The second-order valence-electron chi connectivity index (χ2n) is 5.09. The van der Waals surface area contributed by atoms with E-state index in [9.17, 15) is 9.59 Å². The van der Waals surface area contributed by atoms with Crippen LogP contribution in [0.2, 0.25) is 0 Å². The molecule has 0 aliphatic heterocycles. The van der Waals surface area contributed by atoms with Gasteiger partial charge in [0.2, 0.25) is 0 Å². The third kappa shape index (κ3) is 3.59. The summed E-state index contributed by atoms with van der Waals surface area (Å²) in [5.74, 6) is -0.520. The van der Waals surface area contributed by atoms with E-state index in [4.69, 9.17) is 4.74 Å². The zero-order valence-corrected chi connectivity index (χ0v) is 11.8. The number of hydrogen-bond donors (Lipinski definition) is 1. The molecule has 4 nitrogen and oxygen atoms in total. The van der Waals surface area contributed by atoms with Gasteiger partial charge < -0.3 is 10.1 Å². The topological polar surface area (TPSA) is 55.4 Å². The minimum absolute atomic E-state index is 0.115. The fourth-order valence-corrected chi connectivity index (χ4v) is 2.68. The zero-order chi connectivity index (χ0) is 14.4. The van der Waals surface area contributed by atoms with Crippen LogP contribution in [0.1, 0.15) is 43.0 Å². The molecule has 0 aromatic heterocycles. The fourth-order valence-electron chi connectivity index (χ4n) is 2.68. The molecule has 1 aliphatic carbocycles. The predicted molar refractivity (Wildman–Crippen MR) is 76.3 cm³/mol. The number of ether oxygens (including phenoxy) is 1. The van der Waals surface area contributed by atoms with Crippen LogP contribution < -0.4 is 5.32 Å². The summed E-state index contributed by atoms with van der Waals surface area (Å²) >= 11 is 0. The van der Waals surface area contributed by atoms with Gasteiger partial charge in [-0.05, 0) is 31.9 Å². The van der Waals surface area contributed by atoms with Crippen molar-refractivity contribution in [3.63, 3.8) is 0 Å². The summed E-state index contributed by atoms with van der Waals surface area (Å²) in [6.07, 6.45) is 3.68. The van der Waals surface area contributed by atoms with Crippen LogP contribution in [0.4, 0.5) is 0 Å². The van der Waals surface area contributed by atoms with E-state index >= 15 is 0 Å². The van der Waals surface area contributed by atoms with Crippen molar-refractivity contribution in [1.82, 2.24) is 5.32 Å². The van der Waals surface area contributed by atoms with Crippen LogP contribution >= 0.6 is 0 Å². The lowest BCUT2D eigenvalue weighted by Crippen LogP contribution is -2.45. The number of benzene rings is 1. The minimum atomic E-state index is -0.212. The highest BCUT2D eigenvalue weighted by Crippen LogP contribution is 2.26. The molecule has 2 rings (SSSR count). The van der Waals surface area contributed by atoms with Crippen LogP contribution in [0.15, 0.2) is 30.3 Å². The highest BCUT2D eigenvalue weighted by molar-refractivity contribution is 5.94. The van der Waals surface area contributed by atoms with Gasteiger partial charge in [0.15, 0.2) is 0 Å². The van der Waals surface area contributed by atoms with Crippen LogP contribution in [-0.2, 0) is 9.53 Å². The lowest BCUT2D eigenvalue weighted by molar-refractivity contribution is -0.150. The Morgan fingerprint density at radius 2 is 1.90 bits per heavy atom. The maximum absolute atomic E-state index is 12.2. The summed E-state index contributed by atoms with van der Waals surface area (Å²) in [7, 11) is 0. The second-order valence-corrected chi connectivity index (χ2v) is 5.09. The van der Waals surface area contributed by atoms with E-state index in [0.29, 0.717) is 12.2 Å². The predicted octanol–water partition coefficient (Wildman–Crippen LogP) is 2.54. The number of nitrogens with one attached hydrogen (secondary N) is 1. The van der Waals surface area contributed by atoms with Gasteiger partial charge in [-0.3, -0.25) is 9.59 Å². The molecular weight excluding hydrogens is 254 g/mol. The molecule has 1 fully saturated rings. The van der Waals surface area contributed by atoms with Gasteiger partial charge in [-0.2, -0.15) is 0 Å². The first-order valence-electron chi connectivity index (χ1n) is 7.25. The van der Waals surface area contributed by atoms with Gasteiger partial charge in [-0.1, -0.05) is 31.0 Å². The summed E-state index contributed by atoms with van der Waals surface area (Å²) in [5, 5.41) is 2.98. The van der Waals surface area contributed by atoms with Crippen LogP contribution in [0, 0.1) is 5.92 Å². The van der Waals surface area contributed by atoms with Crippen molar-refractivity contribution in [3.05, 3.63) is 35.9 Å². The van der Waals surface area contributed by atoms with E-state index in [1.54, 1.807) is 19.1 Å². The standard InChI is InChI=1S/C16H21NO3/c1-2-20-16(19)13-10-6-7-11-14(13)17-15(18)12-8-4-3-5-9-12/h3-5,8-9,13-14H,2,6-7,10-11H2,1H3,(H,17,18). The molecule has 20 heavy (non-hydrogen) atoms. The Balaban J connectivity index is 2.02. The largest absolute Gasteiger partial charge is 0.466 e. The van der Waals surface area contributed by atoms with Gasteiger partial charge in [-0.25, -0.2) is 0 Å². The highest BCUT2D eigenvalue weighted by Gasteiger charge is 2.33. The van der Waals surface area contributed by atoms with Gasteiger partial charge in [-0.15, -0.1) is 0 Å². The maximum Gasteiger partial charge on any atom is 0.311 e. The molecule has 1 aromatic rings. The van der Waals surface area contributed by atoms with Crippen molar-refractivity contribution in [1.29, 1.82) is 0 Å². The Kier molecular flexibility index (Phi) is 5.16. The molecule has 1 N–H and O–H groups in total. The van der Waals surface area contributed by atoms with E-state index in [1.165, 1.54) is 0 Å². The van der Waals surface area contributed by atoms with Gasteiger partial charge in [0.1, 0.15) is 0 Å². The fraction of sp³-hybridized carbons (Fsp3) is 0.500. The van der Waals surface area contributed by atoms with Crippen LogP contribution in [-0.4, -0.2) is 24.5 Å². The van der Waals surface area contributed by atoms with Crippen molar-refractivity contribution >= 4 is 11.9 Å². The van der Waals surface area contributed by atoms with Gasteiger partial charge in [0.25, 0.3) is 5.91 Å². The molecule has 0 spiro atoms. The Labute approximate surface area is 119 Å². The third-order valence-electron chi connectivity index (χ3n) is 3.71. The molecule has 1 amide bonds. The second kappa shape index (κ2) is 7.08. The molecule has 1 saturated carbocycles. The Morgan fingerprint density at radius 3 is 2.60 bits per heavy atom. The molecule has 2 atom stereocenters. The number of carbonyl (C=O) groups excluding carboxylic acids is 2. The molecule has 0 bridgehead atoms. The lowest BCUT2D eigenvalue weighted by atomic mass is 9.84. The SMILES string of the molecule is CCOC(=O)C1CCCCC1NC(=O)c1ccccc1. The summed E-state index contributed by atoms with van der Waals surface area (Å²) < 4.78 is 5.11. The van der Waals surface area contributed by atoms with Crippen molar-refractivity contribution in [2.45, 2.75) is 38.6 Å².